The average molecular weight is 259 g/mol. The zero-order chi connectivity index (χ0) is 13.3. The number of hydrogen-bond acceptors (Lipinski definition) is 2. The number of fused-ring (bicyclic) bond motifs is 1. The number of rotatable bonds is 2. The predicted octanol–water partition coefficient (Wildman–Crippen LogP) is 3.26. The Morgan fingerprint density at radius 2 is 2.11 bits per heavy atom. The van der Waals surface area contributed by atoms with Gasteiger partial charge in [0.05, 0.1) is 6.54 Å². The number of phenols is 1. The number of halogens is 3. The van der Waals surface area contributed by atoms with E-state index in [1.165, 1.54) is 11.9 Å². The number of phenolic OH excluding ortho intramolecular Hbond substituents is 1. The molecule has 0 bridgehead atoms. The maximum atomic E-state index is 12.4. The SMILES string of the molecule is CN(CC(F)(F)F)C1CCCc2ccc(O)cc21. The van der Waals surface area contributed by atoms with Gasteiger partial charge in [-0.05, 0) is 49.6 Å². The minimum Gasteiger partial charge on any atom is -0.508 e. The van der Waals surface area contributed by atoms with Crippen molar-refractivity contribution in [2.75, 3.05) is 13.6 Å². The molecule has 1 aromatic rings. The predicted molar refractivity (Wildman–Crippen MR) is 62.5 cm³/mol. The summed E-state index contributed by atoms with van der Waals surface area (Å²) in [7, 11) is 1.48. The topological polar surface area (TPSA) is 23.5 Å². The highest BCUT2D eigenvalue weighted by Crippen LogP contribution is 2.36. The van der Waals surface area contributed by atoms with Crippen LogP contribution in [0.3, 0.4) is 0 Å². The van der Waals surface area contributed by atoms with Gasteiger partial charge in [0, 0.05) is 6.04 Å². The van der Waals surface area contributed by atoms with Crippen LogP contribution in [0.15, 0.2) is 18.2 Å². The molecule has 0 fully saturated rings. The molecular weight excluding hydrogens is 243 g/mol. The first-order valence-electron chi connectivity index (χ1n) is 5.95. The van der Waals surface area contributed by atoms with Crippen molar-refractivity contribution in [3.63, 3.8) is 0 Å². The number of aromatic hydroxyl groups is 1. The van der Waals surface area contributed by atoms with E-state index in [0.717, 1.165) is 24.0 Å². The fourth-order valence-corrected chi connectivity index (χ4v) is 2.61. The first-order chi connectivity index (χ1) is 8.37. The Bertz CT molecular complexity index is 431. The van der Waals surface area contributed by atoms with E-state index in [9.17, 15) is 18.3 Å². The van der Waals surface area contributed by atoms with Crippen molar-refractivity contribution in [3.05, 3.63) is 29.3 Å². The fraction of sp³-hybridized carbons (Fsp3) is 0.538. The van der Waals surface area contributed by atoms with Gasteiger partial charge in [0.1, 0.15) is 5.75 Å². The van der Waals surface area contributed by atoms with E-state index >= 15 is 0 Å². The summed E-state index contributed by atoms with van der Waals surface area (Å²) in [5.74, 6) is 0.112. The monoisotopic (exact) mass is 259 g/mol. The maximum Gasteiger partial charge on any atom is 0.401 e. The van der Waals surface area contributed by atoms with Gasteiger partial charge in [-0.3, -0.25) is 4.90 Å². The van der Waals surface area contributed by atoms with Gasteiger partial charge in [-0.2, -0.15) is 13.2 Å². The molecule has 0 radical (unpaired) electrons. The molecule has 1 unspecified atom stereocenters. The Labute approximate surface area is 104 Å². The van der Waals surface area contributed by atoms with Crippen LogP contribution in [-0.4, -0.2) is 29.8 Å². The zero-order valence-electron chi connectivity index (χ0n) is 10.2. The summed E-state index contributed by atoms with van der Waals surface area (Å²) in [6.07, 6.45) is -1.75. The lowest BCUT2D eigenvalue weighted by molar-refractivity contribution is -0.148. The molecule has 1 atom stereocenters. The van der Waals surface area contributed by atoms with Crippen LogP contribution in [-0.2, 0) is 6.42 Å². The van der Waals surface area contributed by atoms with Gasteiger partial charge >= 0.3 is 6.18 Å². The number of benzene rings is 1. The highest BCUT2D eigenvalue weighted by atomic mass is 19.4. The number of alkyl halides is 3. The lowest BCUT2D eigenvalue weighted by Crippen LogP contribution is -2.35. The minimum atomic E-state index is -4.19. The quantitative estimate of drug-likeness (QED) is 0.881. The van der Waals surface area contributed by atoms with Crippen LogP contribution < -0.4 is 0 Å². The molecule has 0 saturated carbocycles. The van der Waals surface area contributed by atoms with Crippen molar-refractivity contribution in [1.29, 1.82) is 0 Å². The average Bonchev–Trinajstić information content (AvgIpc) is 2.25. The molecule has 1 aromatic carbocycles. The van der Waals surface area contributed by atoms with Crippen molar-refractivity contribution in [2.45, 2.75) is 31.5 Å². The van der Waals surface area contributed by atoms with Gasteiger partial charge in [0.2, 0.25) is 0 Å². The molecular formula is C13H16F3NO. The van der Waals surface area contributed by atoms with Gasteiger partial charge in [0.25, 0.3) is 0 Å². The second kappa shape index (κ2) is 4.80. The minimum absolute atomic E-state index is 0.112. The summed E-state index contributed by atoms with van der Waals surface area (Å²) in [4.78, 5) is 1.32. The van der Waals surface area contributed by atoms with E-state index in [1.807, 2.05) is 0 Å². The number of hydrogen-bond donors (Lipinski definition) is 1. The van der Waals surface area contributed by atoms with Crippen LogP contribution >= 0.6 is 0 Å². The van der Waals surface area contributed by atoms with E-state index in [2.05, 4.69) is 0 Å². The second-order valence-electron chi connectivity index (χ2n) is 4.82. The molecule has 18 heavy (non-hydrogen) atoms. The van der Waals surface area contributed by atoms with Gasteiger partial charge in [0.15, 0.2) is 0 Å². The second-order valence-corrected chi connectivity index (χ2v) is 4.82. The molecule has 0 aliphatic heterocycles. The first kappa shape index (κ1) is 13.2. The standard InChI is InChI=1S/C13H16F3NO/c1-17(8-13(14,15)16)12-4-2-3-9-5-6-10(18)7-11(9)12/h5-7,12,18H,2-4,8H2,1H3. The van der Waals surface area contributed by atoms with Gasteiger partial charge in [-0.25, -0.2) is 0 Å². The Kier molecular flexibility index (Phi) is 3.52. The Balaban J connectivity index is 2.24. The van der Waals surface area contributed by atoms with E-state index < -0.39 is 12.7 Å². The molecule has 0 spiro atoms. The zero-order valence-corrected chi connectivity index (χ0v) is 10.2. The molecule has 0 heterocycles. The Morgan fingerprint density at radius 3 is 2.78 bits per heavy atom. The molecule has 5 heteroatoms. The molecule has 2 nitrogen and oxygen atoms in total. The van der Waals surface area contributed by atoms with Crippen LogP contribution in [0.4, 0.5) is 13.2 Å². The molecule has 0 amide bonds. The van der Waals surface area contributed by atoms with Gasteiger partial charge in [-0.15, -0.1) is 0 Å². The summed E-state index contributed by atoms with van der Waals surface area (Å²) < 4.78 is 37.3. The molecule has 2 rings (SSSR count). The maximum absolute atomic E-state index is 12.4. The fourth-order valence-electron chi connectivity index (χ4n) is 2.61. The third-order valence-corrected chi connectivity index (χ3v) is 3.37. The van der Waals surface area contributed by atoms with Gasteiger partial charge < -0.3 is 5.11 Å². The summed E-state index contributed by atoms with van der Waals surface area (Å²) >= 11 is 0. The summed E-state index contributed by atoms with van der Waals surface area (Å²) in [5.41, 5.74) is 1.87. The van der Waals surface area contributed by atoms with E-state index in [1.54, 1.807) is 18.2 Å². The Morgan fingerprint density at radius 1 is 1.39 bits per heavy atom. The molecule has 1 N–H and O–H groups in total. The van der Waals surface area contributed by atoms with Crippen molar-refractivity contribution >= 4 is 0 Å². The van der Waals surface area contributed by atoms with E-state index in [-0.39, 0.29) is 11.8 Å². The summed E-state index contributed by atoms with van der Waals surface area (Å²) in [5, 5.41) is 9.48. The molecule has 0 saturated heterocycles. The lowest BCUT2D eigenvalue weighted by Gasteiger charge is -2.33. The molecule has 0 aromatic heterocycles. The van der Waals surface area contributed by atoms with Crippen molar-refractivity contribution in [2.24, 2.45) is 0 Å². The van der Waals surface area contributed by atoms with E-state index in [0.29, 0.717) is 6.42 Å². The summed E-state index contributed by atoms with van der Waals surface area (Å²) in [6.45, 7) is -0.924. The van der Waals surface area contributed by atoms with Crippen molar-refractivity contribution in [3.8, 4) is 5.75 Å². The van der Waals surface area contributed by atoms with Crippen molar-refractivity contribution < 1.29 is 18.3 Å². The molecule has 1 aliphatic rings. The third kappa shape index (κ3) is 2.96. The van der Waals surface area contributed by atoms with Crippen LogP contribution in [0.2, 0.25) is 0 Å². The normalized spacial score (nSPS) is 19.9. The van der Waals surface area contributed by atoms with Crippen LogP contribution in [0.5, 0.6) is 5.75 Å². The number of aryl methyl sites for hydroxylation is 1. The summed E-state index contributed by atoms with van der Waals surface area (Å²) in [6, 6.07) is 4.72. The van der Waals surface area contributed by atoms with Crippen LogP contribution in [0, 0.1) is 0 Å². The Hall–Kier alpha value is -1.23. The smallest absolute Gasteiger partial charge is 0.401 e. The van der Waals surface area contributed by atoms with Crippen LogP contribution in [0.1, 0.15) is 30.0 Å². The highest BCUT2D eigenvalue weighted by Gasteiger charge is 2.33. The van der Waals surface area contributed by atoms with E-state index in [4.69, 9.17) is 0 Å². The third-order valence-electron chi connectivity index (χ3n) is 3.37. The largest absolute Gasteiger partial charge is 0.508 e. The first-order valence-corrected chi connectivity index (χ1v) is 5.95. The molecule has 1 aliphatic carbocycles. The van der Waals surface area contributed by atoms with Gasteiger partial charge in [-0.1, -0.05) is 6.07 Å². The highest BCUT2D eigenvalue weighted by molar-refractivity contribution is 5.38. The lowest BCUT2D eigenvalue weighted by atomic mass is 9.87. The van der Waals surface area contributed by atoms with Crippen molar-refractivity contribution in [1.82, 2.24) is 4.90 Å². The molecule has 100 valence electrons. The van der Waals surface area contributed by atoms with Crippen LogP contribution in [0.25, 0.3) is 0 Å². The number of nitrogens with zero attached hydrogens (tertiary/aromatic N) is 1.